The molecule has 0 bridgehead atoms. The van der Waals surface area contributed by atoms with Crippen molar-refractivity contribution >= 4 is 23.5 Å². The lowest BCUT2D eigenvalue weighted by atomic mass is 9.98. The number of carbonyl (C=O) groups excluding carboxylic acids is 1. The Bertz CT molecular complexity index is 962. The quantitative estimate of drug-likeness (QED) is 0.669. The van der Waals surface area contributed by atoms with Crippen LogP contribution in [0.25, 0.3) is 11.4 Å². The van der Waals surface area contributed by atoms with Crippen molar-refractivity contribution < 1.29 is 9.32 Å². The first-order valence-electron chi connectivity index (χ1n) is 9.08. The maximum Gasteiger partial charge on any atom is 0.321 e. The monoisotopic (exact) mass is 395 g/mol. The molecule has 0 saturated carbocycles. The fourth-order valence-corrected chi connectivity index (χ4v) is 3.82. The molecule has 1 N–H and O–H groups in total. The minimum Gasteiger partial charge on any atom is -0.339 e. The number of benzene rings is 1. The van der Waals surface area contributed by atoms with Gasteiger partial charge in [-0.25, -0.2) is 4.79 Å². The Labute approximate surface area is 167 Å². The van der Waals surface area contributed by atoms with E-state index in [1.807, 2.05) is 42.7 Å². The smallest absolute Gasteiger partial charge is 0.321 e. The zero-order valence-electron chi connectivity index (χ0n) is 15.7. The average molecular weight is 395 g/mol. The summed E-state index contributed by atoms with van der Waals surface area (Å²) in [6.45, 7) is 3.29. The number of pyridine rings is 1. The van der Waals surface area contributed by atoms with Gasteiger partial charge in [-0.2, -0.15) is 4.98 Å². The molecule has 1 aliphatic rings. The minimum absolute atomic E-state index is 0.0198. The zero-order valence-corrected chi connectivity index (χ0v) is 16.5. The van der Waals surface area contributed by atoms with E-state index in [4.69, 9.17) is 4.52 Å². The first kappa shape index (κ1) is 18.5. The number of likely N-dealkylation sites (tertiary alicyclic amines) is 1. The van der Waals surface area contributed by atoms with Crippen LogP contribution in [0.5, 0.6) is 0 Å². The van der Waals surface area contributed by atoms with Crippen LogP contribution in [0.4, 0.5) is 10.5 Å². The Balaban J connectivity index is 1.44. The van der Waals surface area contributed by atoms with Crippen molar-refractivity contribution in [2.45, 2.75) is 17.7 Å². The lowest BCUT2D eigenvalue weighted by molar-refractivity contribution is 0.220. The molecule has 144 valence electrons. The highest BCUT2D eigenvalue weighted by Gasteiger charge is 2.37. The maximum absolute atomic E-state index is 12.7. The van der Waals surface area contributed by atoms with E-state index in [0.29, 0.717) is 24.8 Å². The molecule has 1 aromatic carbocycles. The van der Waals surface area contributed by atoms with Gasteiger partial charge in [-0.1, -0.05) is 18.1 Å². The number of nitrogens with zero attached hydrogens (tertiary/aromatic N) is 4. The van der Waals surface area contributed by atoms with E-state index in [1.165, 1.54) is 0 Å². The summed E-state index contributed by atoms with van der Waals surface area (Å²) in [7, 11) is 0. The summed E-state index contributed by atoms with van der Waals surface area (Å²) in [6, 6.07) is 11.4. The molecule has 0 unspecified atom stereocenters. The highest BCUT2D eigenvalue weighted by molar-refractivity contribution is 7.98. The van der Waals surface area contributed by atoms with Crippen LogP contribution in [-0.2, 0) is 0 Å². The molecule has 2 amide bonds. The molecule has 2 aromatic heterocycles. The summed E-state index contributed by atoms with van der Waals surface area (Å²) >= 11 is 1.64. The second-order valence-corrected chi connectivity index (χ2v) is 7.72. The Morgan fingerprint density at radius 2 is 2.07 bits per heavy atom. The van der Waals surface area contributed by atoms with Crippen LogP contribution >= 0.6 is 11.8 Å². The summed E-state index contributed by atoms with van der Waals surface area (Å²) in [5.41, 5.74) is 1.66. The molecule has 0 spiro atoms. The number of urea groups is 1. The predicted molar refractivity (Wildman–Crippen MR) is 108 cm³/mol. The number of aromatic nitrogens is 3. The van der Waals surface area contributed by atoms with Gasteiger partial charge in [-0.15, -0.1) is 11.8 Å². The fraction of sp³-hybridized carbons (Fsp3) is 0.300. The van der Waals surface area contributed by atoms with Gasteiger partial charge in [0.15, 0.2) is 0 Å². The van der Waals surface area contributed by atoms with E-state index in [9.17, 15) is 4.79 Å². The van der Waals surface area contributed by atoms with Gasteiger partial charge < -0.3 is 14.7 Å². The Morgan fingerprint density at radius 3 is 2.86 bits per heavy atom. The Morgan fingerprint density at radius 1 is 1.25 bits per heavy atom. The third-order valence-corrected chi connectivity index (χ3v) is 5.64. The van der Waals surface area contributed by atoms with Gasteiger partial charge in [0.05, 0.1) is 5.92 Å². The van der Waals surface area contributed by atoms with E-state index in [2.05, 4.69) is 27.4 Å². The van der Waals surface area contributed by atoms with Crippen LogP contribution in [0.1, 0.15) is 18.7 Å². The van der Waals surface area contributed by atoms with Crippen molar-refractivity contribution in [3.8, 4) is 11.4 Å². The predicted octanol–water partition coefficient (Wildman–Crippen LogP) is 4.12. The van der Waals surface area contributed by atoms with Crippen molar-refractivity contribution in [3.63, 3.8) is 0 Å². The molecule has 1 saturated heterocycles. The molecule has 1 fully saturated rings. The third kappa shape index (κ3) is 3.87. The molecule has 1 aliphatic heterocycles. The molecule has 3 heterocycles. The van der Waals surface area contributed by atoms with Gasteiger partial charge in [-0.05, 0) is 42.5 Å². The number of amides is 2. The van der Waals surface area contributed by atoms with Crippen LogP contribution in [-0.4, -0.2) is 45.4 Å². The summed E-state index contributed by atoms with van der Waals surface area (Å²) in [5.74, 6) is 1.36. The molecule has 2 atom stereocenters. The average Bonchev–Trinajstić information content (AvgIpc) is 3.35. The molecule has 4 rings (SSSR count). The Kier molecular flexibility index (Phi) is 5.29. The number of anilines is 1. The fourth-order valence-electron chi connectivity index (χ4n) is 3.36. The largest absolute Gasteiger partial charge is 0.339 e. The number of thioether (sulfide) groups is 1. The van der Waals surface area contributed by atoms with Crippen LogP contribution in [0.15, 0.2) is 58.2 Å². The van der Waals surface area contributed by atoms with Gasteiger partial charge in [-0.3, -0.25) is 4.98 Å². The lowest BCUT2D eigenvalue weighted by Gasteiger charge is -2.17. The van der Waals surface area contributed by atoms with Gasteiger partial charge in [0.1, 0.15) is 0 Å². The first-order valence-corrected chi connectivity index (χ1v) is 10.3. The maximum atomic E-state index is 12.7. The number of nitrogens with one attached hydrogen (secondary N) is 1. The zero-order chi connectivity index (χ0) is 19.5. The summed E-state index contributed by atoms with van der Waals surface area (Å²) in [6.07, 6.45) is 5.40. The Hall–Kier alpha value is -2.87. The van der Waals surface area contributed by atoms with Crippen molar-refractivity contribution in [1.29, 1.82) is 0 Å². The van der Waals surface area contributed by atoms with Crippen LogP contribution in [0, 0.1) is 5.92 Å². The van der Waals surface area contributed by atoms with Gasteiger partial charge in [0, 0.05) is 41.6 Å². The summed E-state index contributed by atoms with van der Waals surface area (Å²) < 4.78 is 5.51. The molecule has 0 aliphatic carbocycles. The number of hydrogen-bond donors (Lipinski definition) is 1. The molecular formula is C20H21N5O2S. The minimum atomic E-state index is -0.110. The molecule has 3 aromatic rings. The van der Waals surface area contributed by atoms with Crippen molar-refractivity contribution in [3.05, 3.63) is 54.7 Å². The van der Waals surface area contributed by atoms with E-state index in [-0.39, 0.29) is 17.9 Å². The second kappa shape index (κ2) is 8.02. The summed E-state index contributed by atoms with van der Waals surface area (Å²) in [5, 5.41) is 7.07. The highest BCUT2D eigenvalue weighted by atomic mass is 32.2. The van der Waals surface area contributed by atoms with Crippen LogP contribution in [0.3, 0.4) is 0 Å². The third-order valence-electron chi connectivity index (χ3n) is 4.92. The molecule has 28 heavy (non-hydrogen) atoms. The molecule has 7 nitrogen and oxygen atoms in total. The van der Waals surface area contributed by atoms with E-state index in [0.717, 1.165) is 16.1 Å². The first-order chi connectivity index (χ1) is 13.6. The van der Waals surface area contributed by atoms with Crippen LogP contribution < -0.4 is 5.32 Å². The van der Waals surface area contributed by atoms with Gasteiger partial charge in [0.2, 0.25) is 11.7 Å². The topological polar surface area (TPSA) is 84.2 Å². The normalized spacial score (nSPS) is 19.0. The van der Waals surface area contributed by atoms with Crippen molar-refractivity contribution in [1.82, 2.24) is 20.0 Å². The second-order valence-electron chi connectivity index (χ2n) is 6.84. The van der Waals surface area contributed by atoms with E-state index < -0.39 is 0 Å². The molecule has 8 heteroatoms. The standard InChI is InChI=1S/C20H21N5O2S/c1-13-11-25(20(26)22-15-4-3-5-16(10-15)28-2)12-17(13)19-23-18(24-27-19)14-6-8-21-9-7-14/h3-10,13,17H,11-12H2,1-2H3,(H,22,26)/t13-,17-/m0/s1. The number of hydrogen-bond acceptors (Lipinski definition) is 6. The van der Waals surface area contributed by atoms with Gasteiger partial charge >= 0.3 is 6.03 Å². The lowest BCUT2D eigenvalue weighted by Crippen LogP contribution is -2.33. The van der Waals surface area contributed by atoms with E-state index >= 15 is 0 Å². The van der Waals surface area contributed by atoms with Crippen LogP contribution in [0.2, 0.25) is 0 Å². The molecular weight excluding hydrogens is 374 g/mol. The van der Waals surface area contributed by atoms with Crippen molar-refractivity contribution in [2.24, 2.45) is 5.92 Å². The number of rotatable bonds is 4. The SMILES string of the molecule is CSc1cccc(NC(=O)N2C[C@H](c3nc(-c4ccncc4)no3)[C@@H](C)C2)c1. The number of carbonyl (C=O) groups is 1. The highest BCUT2D eigenvalue weighted by Crippen LogP contribution is 2.33. The van der Waals surface area contributed by atoms with Gasteiger partial charge in [0.25, 0.3) is 0 Å². The van der Waals surface area contributed by atoms with Crippen molar-refractivity contribution in [2.75, 3.05) is 24.7 Å². The summed E-state index contributed by atoms with van der Waals surface area (Å²) in [4.78, 5) is 24.2. The van der Waals surface area contributed by atoms with E-state index in [1.54, 1.807) is 29.1 Å². The molecule has 0 radical (unpaired) electrons.